The van der Waals surface area contributed by atoms with Crippen LogP contribution in [0.25, 0.3) is 0 Å². The summed E-state index contributed by atoms with van der Waals surface area (Å²) in [5.74, 6) is -3.12. The molecule has 0 saturated heterocycles. The van der Waals surface area contributed by atoms with Crippen molar-refractivity contribution in [1.29, 1.82) is 0 Å². The molecular formula is C13H10F2N2O2. The van der Waals surface area contributed by atoms with Crippen LogP contribution in [0.3, 0.4) is 0 Å². The third kappa shape index (κ3) is 2.62. The number of benzene rings is 2. The zero-order chi connectivity index (χ0) is 14.0. The van der Waals surface area contributed by atoms with E-state index in [1.54, 1.807) is 0 Å². The van der Waals surface area contributed by atoms with Gasteiger partial charge in [0.25, 0.3) is 0 Å². The van der Waals surface area contributed by atoms with Gasteiger partial charge in [0.05, 0.1) is 22.6 Å². The first-order valence-corrected chi connectivity index (χ1v) is 5.33. The summed E-state index contributed by atoms with van der Waals surface area (Å²) in [5, 5.41) is 11.4. The Morgan fingerprint density at radius 3 is 2.53 bits per heavy atom. The van der Waals surface area contributed by atoms with E-state index in [9.17, 15) is 13.6 Å². The maximum absolute atomic E-state index is 13.5. The Bertz CT molecular complexity index is 645. The highest BCUT2D eigenvalue weighted by Gasteiger charge is 2.10. The quantitative estimate of drug-likeness (QED) is 0.745. The van der Waals surface area contributed by atoms with Crippen molar-refractivity contribution < 1.29 is 18.7 Å². The lowest BCUT2D eigenvalue weighted by Crippen LogP contribution is -2.02. The number of hydrogen-bond donors (Lipinski definition) is 3. The van der Waals surface area contributed by atoms with E-state index in [1.165, 1.54) is 30.3 Å². The third-order valence-electron chi connectivity index (χ3n) is 2.52. The molecule has 98 valence electrons. The Labute approximate surface area is 107 Å². The van der Waals surface area contributed by atoms with Crippen molar-refractivity contribution in [3.63, 3.8) is 0 Å². The summed E-state index contributed by atoms with van der Waals surface area (Å²) >= 11 is 0. The molecule has 0 amide bonds. The maximum Gasteiger partial charge on any atom is 0.335 e. The first-order chi connectivity index (χ1) is 8.99. The molecule has 0 aliphatic carbocycles. The smallest absolute Gasteiger partial charge is 0.335 e. The van der Waals surface area contributed by atoms with E-state index in [1.807, 2.05) is 0 Å². The molecule has 0 saturated carbocycles. The molecule has 0 aliphatic heterocycles. The third-order valence-corrected chi connectivity index (χ3v) is 2.52. The fraction of sp³-hybridized carbons (Fsp3) is 0. The van der Waals surface area contributed by atoms with Gasteiger partial charge in [0.15, 0.2) is 11.6 Å². The number of nitrogens with one attached hydrogen (secondary N) is 1. The number of rotatable bonds is 3. The van der Waals surface area contributed by atoms with Gasteiger partial charge in [-0.05, 0) is 30.3 Å². The minimum absolute atomic E-state index is 0.0164. The van der Waals surface area contributed by atoms with Crippen molar-refractivity contribution in [2.75, 3.05) is 11.1 Å². The van der Waals surface area contributed by atoms with Crippen LogP contribution in [0.15, 0.2) is 36.4 Å². The van der Waals surface area contributed by atoms with Crippen LogP contribution >= 0.6 is 0 Å². The van der Waals surface area contributed by atoms with Crippen molar-refractivity contribution >= 4 is 23.0 Å². The van der Waals surface area contributed by atoms with E-state index < -0.39 is 17.6 Å². The summed E-state index contributed by atoms with van der Waals surface area (Å²) in [6.45, 7) is 0. The zero-order valence-electron chi connectivity index (χ0n) is 9.65. The van der Waals surface area contributed by atoms with Crippen molar-refractivity contribution in [3.8, 4) is 0 Å². The first kappa shape index (κ1) is 12.8. The molecule has 2 aromatic carbocycles. The lowest BCUT2D eigenvalue weighted by molar-refractivity contribution is 0.0697. The highest BCUT2D eigenvalue weighted by Crippen LogP contribution is 2.26. The molecule has 0 atom stereocenters. The van der Waals surface area contributed by atoms with Crippen molar-refractivity contribution in [3.05, 3.63) is 53.6 Å². The van der Waals surface area contributed by atoms with Gasteiger partial charge in [-0.15, -0.1) is 0 Å². The summed E-state index contributed by atoms with van der Waals surface area (Å²) < 4.78 is 26.5. The van der Waals surface area contributed by atoms with E-state index in [-0.39, 0.29) is 16.9 Å². The number of hydrogen-bond acceptors (Lipinski definition) is 3. The fourth-order valence-corrected chi connectivity index (χ4v) is 1.56. The number of nitrogens with two attached hydrogens (primary N) is 1. The summed E-state index contributed by atoms with van der Waals surface area (Å²) in [7, 11) is 0. The van der Waals surface area contributed by atoms with Gasteiger partial charge in [0.1, 0.15) is 0 Å². The zero-order valence-corrected chi connectivity index (χ0v) is 9.65. The summed E-state index contributed by atoms with van der Waals surface area (Å²) in [5.41, 5.74) is 6.02. The Balaban J connectivity index is 2.34. The predicted octanol–water partition coefficient (Wildman–Crippen LogP) is 2.99. The molecule has 19 heavy (non-hydrogen) atoms. The second-order valence-electron chi connectivity index (χ2n) is 3.83. The summed E-state index contributed by atoms with van der Waals surface area (Å²) in [6.07, 6.45) is 0. The number of halogens is 2. The van der Waals surface area contributed by atoms with Gasteiger partial charge in [0.2, 0.25) is 0 Å². The molecule has 4 nitrogen and oxygen atoms in total. The van der Waals surface area contributed by atoms with Crippen LogP contribution < -0.4 is 11.1 Å². The van der Waals surface area contributed by atoms with Crippen LogP contribution in [0, 0.1) is 11.6 Å². The monoisotopic (exact) mass is 264 g/mol. The lowest BCUT2D eigenvalue weighted by Gasteiger charge is -2.11. The van der Waals surface area contributed by atoms with E-state index in [0.717, 1.165) is 6.07 Å². The van der Waals surface area contributed by atoms with Crippen LogP contribution in [-0.2, 0) is 0 Å². The Morgan fingerprint density at radius 2 is 1.89 bits per heavy atom. The highest BCUT2D eigenvalue weighted by molar-refractivity contribution is 5.90. The molecule has 0 aliphatic rings. The molecule has 6 heteroatoms. The van der Waals surface area contributed by atoms with Gasteiger partial charge >= 0.3 is 5.97 Å². The molecule has 0 radical (unpaired) electrons. The van der Waals surface area contributed by atoms with E-state index in [2.05, 4.69) is 5.32 Å². The minimum atomic E-state index is -1.12. The maximum atomic E-state index is 13.5. The normalized spacial score (nSPS) is 10.2. The molecule has 2 aromatic rings. The molecule has 0 unspecified atom stereocenters. The van der Waals surface area contributed by atoms with Crippen molar-refractivity contribution in [1.82, 2.24) is 0 Å². The van der Waals surface area contributed by atoms with Crippen LogP contribution in [-0.4, -0.2) is 11.1 Å². The largest absolute Gasteiger partial charge is 0.478 e. The number of aromatic carboxylic acids is 1. The van der Waals surface area contributed by atoms with Crippen LogP contribution in [0.2, 0.25) is 0 Å². The predicted molar refractivity (Wildman–Crippen MR) is 67.5 cm³/mol. The van der Waals surface area contributed by atoms with Crippen LogP contribution in [0.4, 0.5) is 25.8 Å². The van der Waals surface area contributed by atoms with Gasteiger partial charge in [0, 0.05) is 0 Å². The van der Waals surface area contributed by atoms with E-state index in [0.29, 0.717) is 5.69 Å². The topological polar surface area (TPSA) is 75.4 Å². The number of carboxylic acid groups (broad SMARTS) is 1. The van der Waals surface area contributed by atoms with Gasteiger partial charge in [-0.2, -0.15) is 0 Å². The first-order valence-electron chi connectivity index (χ1n) is 5.33. The second-order valence-corrected chi connectivity index (χ2v) is 3.83. The van der Waals surface area contributed by atoms with E-state index >= 15 is 0 Å². The summed E-state index contributed by atoms with van der Waals surface area (Å²) in [4.78, 5) is 10.7. The summed E-state index contributed by atoms with van der Waals surface area (Å²) in [6, 6.07) is 7.64. The molecule has 0 aromatic heterocycles. The minimum Gasteiger partial charge on any atom is -0.478 e. The molecular weight excluding hydrogens is 254 g/mol. The second kappa shape index (κ2) is 4.93. The van der Waals surface area contributed by atoms with Crippen molar-refractivity contribution in [2.24, 2.45) is 0 Å². The fourth-order valence-electron chi connectivity index (χ4n) is 1.56. The molecule has 4 N–H and O–H groups in total. The van der Waals surface area contributed by atoms with Crippen LogP contribution in [0.1, 0.15) is 10.4 Å². The van der Waals surface area contributed by atoms with Gasteiger partial charge in [-0.25, -0.2) is 13.6 Å². The average Bonchev–Trinajstić information content (AvgIpc) is 2.37. The van der Waals surface area contributed by atoms with E-state index in [4.69, 9.17) is 10.8 Å². The Morgan fingerprint density at radius 1 is 1.16 bits per heavy atom. The number of carbonyl (C=O) groups is 1. The SMILES string of the molecule is Nc1cc(C(=O)O)ccc1Nc1cccc(F)c1F. The molecule has 0 bridgehead atoms. The lowest BCUT2D eigenvalue weighted by atomic mass is 10.1. The molecule has 2 rings (SSSR count). The van der Waals surface area contributed by atoms with Gasteiger partial charge in [-0.3, -0.25) is 0 Å². The molecule has 0 spiro atoms. The standard InChI is InChI=1S/C13H10F2N2O2/c14-8-2-1-3-11(12(8)15)17-10-5-4-7(13(18)19)6-9(10)16/h1-6,17H,16H2,(H,18,19). The Hall–Kier alpha value is -2.63. The Kier molecular flexibility index (Phi) is 3.33. The van der Waals surface area contributed by atoms with Crippen molar-refractivity contribution in [2.45, 2.75) is 0 Å². The average molecular weight is 264 g/mol. The molecule has 0 fully saturated rings. The molecule has 0 heterocycles. The highest BCUT2D eigenvalue weighted by atomic mass is 19.2. The number of anilines is 3. The van der Waals surface area contributed by atoms with Crippen LogP contribution in [0.5, 0.6) is 0 Å². The van der Waals surface area contributed by atoms with Gasteiger partial charge < -0.3 is 16.2 Å². The van der Waals surface area contributed by atoms with Gasteiger partial charge in [-0.1, -0.05) is 6.07 Å². The number of carboxylic acids is 1. The number of nitrogen functional groups attached to an aromatic ring is 1.